The van der Waals surface area contributed by atoms with Crippen LogP contribution in [-0.4, -0.2) is 66.1 Å². The summed E-state index contributed by atoms with van der Waals surface area (Å²) >= 11 is 1.69. The highest BCUT2D eigenvalue weighted by atomic mass is 32.2. The van der Waals surface area contributed by atoms with Crippen molar-refractivity contribution in [1.29, 1.82) is 0 Å². The molecule has 0 saturated carbocycles. The van der Waals surface area contributed by atoms with Crippen molar-refractivity contribution >= 4 is 23.6 Å². The molecule has 138 valence electrons. The molecule has 1 atom stereocenters. The quantitative estimate of drug-likeness (QED) is 0.805. The number of carbonyl (C=O) groups is 2. The molecule has 2 amide bonds. The van der Waals surface area contributed by atoms with Crippen molar-refractivity contribution in [2.24, 2.45) is 0 Å². The van der Waals surface area contributed by atoms with Crippen molar-refractivity contribution in [3.63, 3.8) is 0 Å². The number of nitrogens with one attached hydrogen (secondary N) is 1. The predicted molar refractivity (Wildman–Crippen MR) is 104 cm³/mol. The maximum atomic E-state index is 12.7. The summed E-state index contributed by atoms with van der Waals surface area (Å²) in [5.74, 6) is 1.13. The lowest BCUT2D eigenvalue weighted by atomic mass is 10.2. The molecule has 0 spiro atoms. The zero-order valence-electron chi connectivity index (χ0n) is 15.2. The molecule has 1 N–H and O–H groups in total. The molecule has 1 aliphatic rings. The lowest BCUT2D eigenvalue weighted by Crippen LogP contribution is -2.41. The van der Waals surface area contributed by atoms with E-state index < -0.39 is 0 Å². The molecule has 1 saturated heterocycles. The fourth-order valence-electron chi connectivity index (χ4n) is 2.93. The van der Waals surface area contributed by atoms with E-state index >= 15 is 0 Å². The van der Waals surface area contributed by atoms with Crippen molar-refractivity contribution < 1.29 is 9.59 Å². The van der Waals surface area contributed by atoms with E-state index in [1.807, 2.05) is 36.9 Å². The van der Waals surface area contributed by atoms with Gasteiger partial charge in [0.15, 0.2) is 0 Å². The first kappa shape index (κ1) is 19.8. The summed E-state index contributed by atoms with van der Waals surface area (Å²) in [6, 6.07) is 10.2. The third kappa shape index (κ3) is 6.71. The van der Waals surface area contributed by atoms with Gasteiger partial charge in [0, 0.05) is 38.5 Å². The maximum absolute atomic E-state index is 12.7. The lowest BCUT2D eigenvalue weighted by Gasteiger charge is -2.24. The van der Waals surface area contributed by atoms with Gasteiger partial charge in [-0.15, -0.1) is 11.8 Å². The van der Waals surface area contributed by atoms with Crippen molar-refractivity contribution in [3.05, 3.63) is 35.9 Å². The van der Waals surface area contributed by atoms with Crippen LogP contribution in [0.25, 0.3) is 0 Å². The Morgan fingerprint density at radius 3 is 2.64 bits per heavy atom. The molecule has 5 nitrogen and oxygen atoms in total. The van der Waals surface area contributed by atoms with Gasteiger partial charge >= 0.3 is 0 Å². The third-order valence-electron chi connectivity index (χ3n) is 4.33. The number of benzene rings is 1. The summed E-state index contributed by atoms with van der Waals surface area (Å²) in [6.45, 7) is 8.12. The van der Waals surface area contributed by atoms with Crippen LogP contribution in [0.4, 0.5) is 0 Å². The number of amides is 2. The van der Waals surface area contributed by atoms with Crippen molar-refractivity contribution in [3.8, 4) is 0 Å². The Hall–Kier alpha value is -1.53. The molecule has 1 unspecified atom stereocenters. The molecule has 0 aliphatic carbocycles. The number of likely N-dealkylation sites (N-methyl/N-ethyl adjacent to an activating group) is 1. The van der Waals surface area contributed by atoms with E-state index in [0.29, 0.717) is 19.6 Å². The Morgan fingerprint density at radius 2 is 1.92 bits per heavy atom. The van der Waals surface area contributed by atoms with Crippen LogP contribution in [0, 0.1) is 0 Å². The molecule has 1 aromatic rings. The number of carbonyl (C=O) groups excluding carboxylic acids is 2. The van der Waals surface area contributed by atoms with Gasteiger partial charge in [0.2, 0.25) is 11.8 Å². The van der Waals surface area contributed by atoms with Crippen LogP contribution in [0.15, 0.2) is 30.3 Å². The lowest BCUT2D eigenvalue weighted by molar-refractivity contribution is -0.130. The van der Waals surface area contributed by atoms with E-state index in [2.05, 4.69) is 22.3 Å². The molecule has 0 bridgehead atoms. The fourth-order valence-corrected chi connectivity index (χ4v) is 3.86. The monoisotopic (exact) mass is 363 g/mol. The van der Waals surface area contributed by atoms with Gasteiger partial charge < -0.3 is 10.2 Å². The van der Waals surface area contributed by atoms with Crippen molar-refractivity contribution in [1.82, 2.24) is 15.1 Å². The topological polar surface area (TPSA) is 52.7 Å². The Morgan fingerprint density at radius 1 is 1.16 bits per heavy atom. The summed E-state index contributed by atoms with van der Waals surface area (Å²) in [5.41, 5.74) is 1.25. The second-order valence-corrected chi connectivity index (χ2v) is 7.68. The molecule has 1 fully saturated rings. The van der Waals surface area contributed by atoms with E-state index in [0.717, 1.165) is 31.8 Å². The van der Waals surface area contributed by atoms with Crippen LogP contribution in [0.3, 0.4) is 0 Å². The zero-order valence-corrected chi connectivity index (χ0v) is 16.1. The Balaban J connectivity index is 1.78. The molecule has 1 aliphatic heterocycles. The van der Waals surface area contributed by atoms with E-state index in [1.54, 1.807) is 11.8 Å². The Labute approximate surface area is 155 Å². The third-order valence-corrected chi connectivity index (χ3v) is 5.53. The largest absolute Gasteiger partial charge is 0.355 e. The van der Waals surface area contributed by atoms with Crippen LogP contribution in [0.5, 0.6) is 0 Å². The minimum Gasteiger partial charge on any atom is -0.355 e. The number of hydrogen-bond acceptors (Lipinski definition) is 4. The molecule has 1 heterocycles. The average molecular weight is 364 g/mol. The summed E-state index contributed by atoms with van der Waals surface area (Å²) in [7, 11) is 0. The van der Waals surface area contributed by atoms with Crippen LogP contribution >= 0.6 is 11.8 Å². The predicted octanol–water partition coefficient (Wildman–Crippen LogP) is 1.98. The molecule has 2 rings (SSSR count). The van der Waals surface area contributed by atoms with E-state index in [-0.39, 0.29) is 17.1 Å². The van der Waals surface area contributed by atoms with Crippen LogP contribution in [-0.2, 0) is 15.3 Å². The number of thioether (sulfide) groups is 1. The van der Waals surface area contributed by atoms with E-state index in [9.17, 15) is 9.59 Å². The summed E-state index contributed by atoms with van der Waals surface area (Å²) in [4.78, 5) is 28.5. The number of nitrogens with zero attached hydrogens (tertiary/aromatic N) is 2. The minimum absolute atomic E-state index is 0.0462. The summed E-state index contributed by atoms with van der Waals surface area (Å²) < 4.78 is 0. The van der Waals surface area contributed by atoms with Gasteiger partial charge in [-0.3, -0.25) is 14.5 Å². The van der Waals surface area contributed by atoms with Gasteiger partial charge in [0.05, 0.1) is 11.8 Å². The second-order valence-electron chi connectivity index (χ2n) is 6.35. The minimum atomic E-state index is -0.0462. The van der Waals surface area contributed by atoms with Gasteiger partial charge in [-0.05, 0) is 25.8 Å². The first-order valence-electron chi connectivity index (χ1n) is 9.03. The molecular weight excluding hydrogens is 334 g/mol. The molecule has 25 heavy (non-hydrogen) atoms. The van der Waals surface area contributed by atoms with Gasteiger partial charge in [-0.2, -0.15) is 0 Å². The Kier molecular flexibility index (Phi) is 8.28. The standard InChI is InChI=1S/C19H29N3O2S/c1-3-20-18(23)14-21-10-7-11-22(13-12-21)19(24)16(2)25-15-17-8-5-4-6-9-17/h4-6,8-9,16H,3,7,10-15H2,1-2H3,(H,20,23). The van der Waals surface area contributed by atoms with Crippen molar-refractivity contribution in [2.75, 3.05) is 39.3 Å². The molecule has 6 heteroatoms. The van der Waals surface area contributed by atoms with Gasteiger partial charge in [0.25, 0.3) is 0 Å². The first-order valence-corrected chi connectivity index (χ1v) is 10.1. The fraction of sp³-hybridized carbons (Fsp3) is 0.579. The number of rotatable bonds is 7. The normalized spacial score (nSPS) is 17.0. The van der Waals surface area contributed by atoms with E-state index in [4.69, 9.17) is 0 Å². The highest BCUT2D eigenvalue weighted by Gasteiger charge is 2.24. The molecule has 0 radical (unpaired) electrons. The van der Waals surface area contributed by atoms with Crippen molar-refractivity contribution in [2.45, 2.75) is 31.3 Å². The maximum Gasteiger partial charge on any atom is 0.235 e. The molecule has 1 aromatic carbocycles. The second kappa shape index (κ2) is 10.5. The average Bonchev–Trinajstić information content (AvgIpc) is 2.85. The highest BCUT2D eigenvalue weighted by Crippen LogP contribution is 2.20. The van der Waals surface area contributed by atoms with Gasteiger partial charge in [0.1, 0.15) is 0 Å². The number of hydrogen-bond donors (Lipinski definition) is 1. The first-order chi connectivity index (χ1) is 12.1. The summed E-state index contributed by atoms with van der Waals surface area (Å²) in [5, 5.41) is 2.79. The van der Waals surface area contributed by atoms with Gasteiger partial charge in [-0.1, -0.05) is 30.3 Å². The van der Waals surface area contributed by atoms with Gasteiger partial charge in [-0.25, -0.2) is 0 Å². The molecular formula is C19H29N3O2S. The Bertz CT molecular complexity index is 553. The zero-order chi connectivity index (χ0) is 18.1. The highest BCUT2D eigenvalue weighted by molar-refractivity contribution is 7.99. The summed E-state index contributed by atoms with van der Waals surface area (Å²) in [6.07, 6.45) is 0.918. The van der Waals surface area contributed by atoms with Crippen LogP contribution in [0.2, 0.25) is 0 Å². The smallest absolute Gasteiger partial charge is 0.235 e. The van der Waals surface area contributed by atoms with Crippen LogP contribution < -0.4 is 5.32 Å². The van der Waals surface area contributed by atoms with E-state index in [1.165, 1.54) is 5.56 Å². The molecule has 0 aromatic heterocycles. The SMILES string of the molecule is CCNC(=O)CN1CCCN(C(=O)C(C)SCc2ccccc2)CC1. The van der Waals surface area contributed by atoms with Crippen LogP contribution in [0.1, 0.15) is 25.8 Å².